The Morgan fingerprint density at radius 2 is 0.733 bits per heavy atom. The highest BCUT2D eigenvalue weighted by Gasteiger charge is 2.34. The standard InChI is InChI=1S/C50H54N2O8/c1-7-13-17-27(18-14-8-2)51-45(53)31-23-21-29-30-22-24-32-38-36(48(56)52(46(32)54)28(19-15-9-3)20-16-10-4)26-34-42(40(30)38)41-33(25-35(47(51)55)37(31)39(29)41)43(49(57)59-11-5)44(34)50(58)60-12-6/h21-28H,7-20H2,1-6H3. The van der Waals surface area contributed by atoms with Gasteiger partial charge in [-0.05, 0) is 107 Å². The fourth-order valence-corrected chi connectivity index (χ4v) is 10.2. The van der Waals surface area contributed by atoms with E-state index < -0.39 is 23.1 Å². The van der Waals surface area contributed by atoms with Crippen LogP contribution in [0.1, 0.15) is 151 Å². The van der Waals surface area contributed by atoms with Crippen LogP contribution in [0.2, 0.25) is 0 Å². The number of pyridine rings is 2. The van der Waals surface area contributed by atoms with Crippen molar-refractivity contribution >= 4 is 87.3 Å². The SMILES string of the molecule is CCCCC(CCCC)n1c(=O)c2ccc3c4ccc5c(=O)n(C(CCCC)CCCC)c(=O)c6cc7c(C(=O)OCC)c(C(=O)OCC)c8cc(c1=O)c2c3c8c7c4c56. The summed E-state index contributed by atoms with van der Waals surface area (Å²) in [5.41, 5.74) is -1.72. The molecule has 6 aromatic carbocycles. The lowest BCUT2D eigenvalue weighted by Gasteiger charge is -2.26. The van der Waals surface area contributed by atoms with Gasteiger partial charge in [-0.1, -0.05) is 91.2 Å². The Morgan fingerprint density at radius 1 is 0.433 bits per heavy atom. The van der Waals surface area contributed by atoms with Crippen LogP contribution in [0.4, 0.5) is 0 Å². The topological polar surface area (TPSA) is 131 Å². The Bertz CT molecular complexity index is 2930. The second-order valence-electron chi connectivity index (χ2n) is 16.5. The first kappa shape index (κ1) is 41.1. The van der Waals surface area contributed by atoms with Crippen LogP contribution in [-0.4, -0.2) is 34.3 Å². The summed E-state index contributed by atoms with van der Waals surface area (Å²) in [5, 5.41) is 6.65. The number of benzene rings is 6. The minimum atomic E-state index is -0.776. The molecule has 10 heteroatoms. The van der Waals surface area contributed by atoms with Gasteiger partial charge in [-0.25, -0.2) is 9.59 Å². The van der Waals surface area contributed by atoms with Crippen LogP contribution in [0.5, 0.6) is 0 Å². The largest absolute Gasteiger partial charge is 0.462 e. The second kappa shape index (κ2) is 16.4. The Hall–Kier alpha value is -5.64. The van der Waals surface area contributed by atoms with E-state index in [0.29, 0.717) is 90.3 Å². The van der Waals surface area contributed by atoms with Gasteiger partial charge in [-0.2, -0.15) is 0 Å². The molecule has 0 radical (unpaired) electrons. The van der Waals surface area contributed by atoms with Gasteiger partial charge in [0.05, 0.1) is 24.3 Å². The zero-order chi connectivity index (χ0) is 42.6. The van der Waals surface area contributed by atoms with E-state index in [1.807, 2.05) is 12.1 Å². The lowest BCUT2D eigenvalue weighted by Crippen LogP contribution is -2.37. The third kappa shape index (κ3) is 6.11. The Balaban J connectivity index is 1.64. The van der Waals surface area contributed by atoms with Crippen molar-refractivity contribution in [3.8, 4) is 0 Å². The van der Waals surface area contributed by atoms with Crippen molar-refractivity contribution in [2.45, 2.75) is 131 Å². The van der Waals surface area contributed by atoms with Gasteiger partial charge in [-0.15, -0.1) is 0 Å². The van der Waals surface area contributed by atoms with E-state index in [1.165, 1.54) is 9.13 Å². The summed E-state index contributed by atoms with van der Waals surface area (Å²) in [6.07, 6.45) is 9.75. The molecule has 2 heterocycles. The number of nitrogens with zero attached hydrogens (tertiary/aromatic N) is 2. The fourth-order valence-electron chi connectivity index (χ4n) is 10.2. The maximum Gasteiger partial charge on any atom is 0.339 e. The molecule has 0 atom stereocenters. The van der Waals surface area contributed by atoms with Crippen molar-refractivity contribution in [2.24, 2.45) is 0 Å². The number of fused-ring (bicyclic) bond motifs is 1. The molecule has 8 aromatic rings. The molecule has 0 fully saturated rings. The smallest absolute Gasteiger partial charge is 0.339 e. The summed E-state index contributed by atoms with van der Waals surface area (Å²) < 4.78 is 14.2. The molecular formula is C50H54N2O8. The number of hydrogen-bond acceptors (Lipinski definition) is 8. The molecule has 60 heavy (non-hydrogen) atoms. The van der Waals surface area contributed by atoms with Gasteiger partial charge in [0.25, 0.3) is 22.2 Å². The van der Waals surface area contributed by atoms with Crippen LogP contribution in [-0.2, 0) is 9.47 Å². The predicted molar refractivity (Wildman–Crippen MR) is 243 cm³/mol. The molecule has 0 amide bonds. The maximum atomic E-state index is 15.0. The van der Waals surface area contributed by atoms with Gasteiger partial charge in [0.2, 0.25) is 0 Å². The monoisotopic (exact) mass is 810 g/mol. The molecule has 0 aliphatic heterocycles. The third-order valence-corrected chi connectivity index (χ3v) is 12.9. The molecule has 8 rings (SSSR count). The number of hydrogen-bond donors (Lipinski definition) is 0. The average molecular weight is 811 g/mol. The summed E-state index contributed by atoms with van der Waals surface area (Å²) in [4.78, 5) is 88.2. The van der Waals surface area contributed by atoms with E-state index >= 15 is 0 Å². The normalized spacial score (nSPS) is 12.5. The number of unbranched alkanes of at least 4 members (excludes halogenated alkanes) is 4. The van der Waals surface area contributed by atoms with Crippen molar-refractivity contribution in [3.05, 3.63) is 88.9 Å². The Labute approximate surface area is 347 Å². The van der Waals surface area contributed by atoms with E-state index in [0.717, 1.165) is 51.4 Å². The number of ether oxygens (including phenoxy) is 2. The van der Waals surface area contributed by atoms with E-state index in [-0.39, 0.29) is 58.3 Å². The van der Waals surface area contributed by atoms with E-state index in [4.69, 9.17) is 9.47 Å². The van der Waals surface area contributed by atoms with Crippen LogP contribution in [0.15, 0.2) is 55.6 Å². The highest BCUT2D eigenvalue weighted by atomic mass is 16.5. The first-order chi connectivity index (χ1) is 29.1. The van der Waals surface area contributed by atoms with Crippen molar-refractivity contribution in [1.29, 1.82) is 0 Å². The van der Waals surface area contributed by atoms with Crippen LogP contribution in [0, 0.1) is 0 Å². The molecule has 0 saturated heterocycles. The third-order valence-electron chi connectivity index (χ3n) is 12.9. The first-order valence-corrected chi connectivity index (χ1v) is 22.2. The predicted octanol–water partition coefficient (Wildman–Crippen LogP) is 10.8. The summed E-state index contributed by atoms with van der Waals surface area (Å²) in [6, 6.07) is 10.0. The van der Waals surface area contributed by atoms with Gasteiger partial charge < -0.3 is 9.47 Å². The van der Waals surface area contributed by atoms with Crippen molar-refractivity contribution in [2.75, 3.05) is 13.2 Å². The van der Waals surface area contributed by atoms with E-state index in [9.17, 15) is 28.8 Å². The molecule has 0 saturated carbocycles. The minimum absolute atomic E-state index is 0.0111. The molecule has 0 N–H and O–H groups in total. The maximum absolute atomic E-state index is 15.0. The number of esters is 2. The zero-order valence-corrected chi connectivity index (χ0v) is 35.7. The summed E-state index contributed by atoms with van der Waals surface area (Å²) >= 11 is 0. The van der Waals surface area contributed by atoms with Crippen molar-refractivity contribution in [1.82, 2.24) is 9.13 Å². The van der Waals surface area contributed by atoms with Crippen LogP contribution in [0.25, 0.3) is 75.4 Å². The molecule has 0 unspecified atom stereocenters. The Morgan fingerprint density at radius 3 is 1.05 bits per heavy atom. The zero-order valence-electron chi connectivity index (χ0n) is 35.7. The molecule has 2 aromatic heterocycles. The second-order valence-corrected chi connectivity index (χ2v) is 16.5. The summed E-state index contributed by atoms with van der Waals surface area (Å²) in [6.45, 7) is 11.7. The van der Waals surface area contributed by atoms with Gasteiger partial charge in [0.15, 0.2) is 0 Å². The quantitative estimate of drug-likeness (QED) is 0.0475. The van der Waals surface area contributed by atoms with Gasteiger partial charge >= 0.3 is 11.9 Å². The molecule has 0 spiro atoms. The molecule has 0 bridgehead atoms. The van der Waals surface area contributed by atoms with Crippen molar-refractivity contribution < 1.29 is 19.1 Å². The molecular weight excluding hydrogens is 757 g/mol. The van der Waals surface area contributed by atoms with Crippen LogP contribution < -0.4 is 22.2 Å². The van der Waals surface area contributed by atoms with E-state index in [2.05, 4.69) is 27.7 Å². The van der Waals surface area contributed by atoms with Gasteiger partial charge in [0, 0.05) is 44.4 Å². The van der Waals surface area contributed by atoms with Crippen LogP contribution >= 0.6 is 0 Å². The molecule has 0 aliphatic carbocycles. The number of carbonyl (C=O) groups is 2. The fraction of sp³-hybridized carbons (Fsp3) is 0.440. The van der Waals surface area contributed by atoms with Crippen LogP contribution in [0.3, 0.4) is 0 Å². The average Bonchev–Trinajstić information content (AvgIpc) is 3.24. The molecule has 0 aliphatic rings. The number of rotatable bonds is 18. The summed E-state index contributed by atoms with van der Waals surface area (Å²) in [5.74, 6) is -1.55. The Kier molecular flexibility index (Phi) is 11.3. The minimum Gasteiger partial charge on any atom is -0.462 e. The van der Waals surface area contributed by atoms with Gasteiger partial charge in [0.1, 0.15) is 0 Å². The lowest BCUT2D eigenvalue weighted by molar-refractivity contribution is 0.0482. The highest BCUT2D eigenvalue weighted by Crippen LogP contribution is 2.50. The van der Waals surface area contributed by atoms with Gasteiger partial charge in [-0.3, -0.25) is 28.3 Å². The van der Waals surface area contributed by atoms with E-state index in [1.54, 1.807) is 38.1 Å². The molecule has 312 valence electrons. The lowest BCUT2D eigenvalue weighted by atomic mass is 9.79. The first-order valence-electron chi connectivity index (χ1n) is 22.2. The number of aromatic nitrogens is 2. The number of carbonyl (C=O) groups excluding carboxylic acids is 2. The van der Waals surface area contributed by atoms with Crippen molar-refractivity contribution in [3.63, 3.8) is 0 Å². The molecule has 10 nitrogen and oxygen atoms in total. The summed E-state index contributed by atoms with van der Waals surface area (Å²) in [7, 11) is 0. The highest BCUT2D eigenvalue weighted by molar-refractivity contribution is 6.47.